The largest absolute Gasteiger partial charge is 0.367 e. The molecule has 1 aliphatic heterocycles. The van der Waals surface area contributed by atoms with Crippen molar-refractivity contribution in [3.63, 3.8) is 0 Å². The Balaban J connectivity index is 1.64. The second-order valence-electron chi connectivity index (χ2n) is 6.38. The summed E-state index contributed by atoms with van der Waals surface area (Å²) >= 11 is 0. The van der Waals surface area contributed by atoms with E-state index in [2.05, 4.69) is 32.0 Å². The van der Waals surface area contributed by atoms with Crippen molar-refractivity contribution in [3.8, 4) is 0 Å². The Morgan fingerprint density at radius 1 is 1.20 bits per heavy atom. The number of amides is 1. The number of pyridine rings is 2. The molecule has 0 saturated carbocycles. The van der Waals surface area contributed by atoms with E-state index < -0.39 is 0 Å². The molecule has 1 aliphatic rings. The minimum absolute atomic E-state index is 0.0594. The minimum atomic E-state index is -0.0594. The van der Waals surface area contributed by atoms with Crippen molar-refractivity contribution in [2.45, 2.75) is 26.3 Å². The van der Waals surface area contributed by atoms with E-state index in [0.29, 0.717) is 5.56 Å². The highest BCUT2D eigenvalue weighted by Gasteiger charge is 2.19. The van der Waals surface area contributed by atoms with Crippen molar-refractivity contribution >= 4 is 17.4 Å². The fraction of sp³-hybridized carbons (Fsp3) is 0.421. The van der Waals surface area contributed by atoms with Crippen LogP contribution >= 0.6 is 0 Å². The van der Waals surface area contributed by atoms with Gasteiger partial charge < -0.3 is 15.1 Å². The second kappa shape index (κ2) is 7.96. The molecule has 6 nitrogen and oxygen atoms in total. The van der Waals surface area contributed by atoms with Crippen LogP contribution in [0.2, 0.25) is 0 Å². The van der Waals surface area contributed by atoms with Gasteiger partial charge in [-0.25, -0.2) is 4.98 Å². The van der Waals surface area contributed by atoms with Crippen LogP contribution in [0.5, 0.6) is 0 Å². The molecule has 132 valence electrons. The first-order chi connectivity index (χ1) is 12.2. The lowest BCUT2D eigenvalue weighted by Gasteiger charge is -2.36. The van der Waals surface area contributed by atoms with Gasteiger partial charge in [-0.2, -0.15) is 0 Å². The molecule has 0 spiro atoms. The molecule has 0 aromatic carbocycles. The summed E-state index contributed by atoms with van der Waals surface area (Å²) in [7, 11) is 0. The highest BCUT2D eigenvalue weighted by Crippen LogP contribution is 2.19. The molecule has 0 radical (unpaired) electrons. The van der Waals surface area contributed by atoms with Gasteiger partial charge in [-0.15, -0.1) is 0 Å². The van der Waals surface area contributed by atoms with Crippen LogP contribution in [0.3, 0.4) is 0 Å². The van der Waals surface area contributed by atoms with E-state index in [-0.39, 0.29) is 11.9 Å². The highest BCUT2D eigenvalue weighted by molar-refractivity contribution is 5.94. The number of rotatable bonds is 5. The Hall–Kier alpha value is -2.63. The van der Waals surface area contributed by atoms with Gasteiger partial charge in [0.1, 0.15) is 5.82 Å². The quantitative estimate of drug-likeness (QED) is 0.906. The maximum absolute atomic E-state index is 12.3. The molecule has 3 heterocycles. The molecule has 25 heavy (non-hydrogen) atoms. The summed E-state index contributed by atoms with van der Waals surface area (Å²) in [6, 6.07) is 8.08. The fourth-order valence-corrected chi connectivity index (χ4v) is 2.87. The number of anilines is 2. The van der Waals surface area contributed by atoms with Gasteiger partial charge in [0.25, 0.3) is 5.91 Å². The number of nitrogens with zero attached hydrogens (tertiary/aromatic N) is 4. The summed E-state index contributed by atoms with van der Waals surface area (Å²) in [5, 5.41) is 2.99. The molecular weight excluding hydrogens is 314 g/mol. The molecule has 1 saturated heterocycles. The van der Waals surface area contributed by atoms with Gasteiger partial charge in [-0.1, -0.05) is 13.0 Å². The van der Waals surface area contributed by atoms with Gasteiger partial charge >= 0.3 is 0 Å². The van der Waals surface area contributed by atoms with Crippen LogP contribution in [-0.2, 0) is 0 Å². The maximum atomic E-state index is 12.3. The van der Waals surface area contributed by atoms with E-state index >= 15 is 0 Å². The van der Waals surface area contributed by atoms with Crippen LogP contribution in [0.15, 0.2) is 42.9 Å². The highest BCUT2D eigenvalue weighted by atomic mass is 16.1. The number of piperazine rings is 1. The predicted octanol–water partition coefficient (Wildman–Crippen LogP) is 2.33. The molecule has 2 aromatic rings. The first-order valence-corrected chi connectivity index (χ1v) is 8.84. The van der Waals surface area contributed by atoms with E-state index in [0.717, 1.165) is 44.1 Å². The Morgan fingerprint density at radius 2 is 1.96 bits per heavy atom. The lowest BCUT2D eigenvalue weighted by atomic mass is 10.2. The maximum Gasteiger partial charge on any atom is 0.253 e. The van der Waals surface area contributed by atoms with E-state index in [9.17, 15) is 4.79 Å². The van der Waals surface area contributed by atoms with Crippen molar-refractivity contribution < 1.29 is 4.79 Å². The molecule has 0 aliphatic carbocycles. The molecule has 1 amide bonds. The van der Waals surface area contributed by atoms with Crippen LogP contribution in [0.25, 0.3) is 0 Å². The van der Waals surface area contributed by atoms with Crippen molar-refractivity contribution in [2.75, 3.05) is 36.0 Å². The summed E-state index contributed by atoms with van der Waals surface area (Å²) in [4.78, 5) is 25.5. The average Bonchev–Trinajstić information content (AvgIpc) is 2.68. The molecular formula is C19H25N5O. The number of hydrogen-bond acceptors (Lipinski definition) is 5. The Bertz CT molecular complexity index is 698. The van der Waals surface area contributed by atoms with Crippen molar-refractivity contribution in [1.29, 1.82) is 0 Å². The van der Waals surface area contributed by atoms with E-state index in [1.165, 1.54) is 0 Å². The molecule has 6 heteroatoms. The Kier molecular flexibility index (Phi) is 5.48. The second-order valence-corrected chi connectivity index (χ2v) is 6.38. The zero-order chi connectivity index (χ0) is 17.6. The summed E-state index contributed by atoms with van der Waals surface area (Å²) < 4.78 is 0. The van der Waals surface area contributed by atoms with Crippen LogP contribution in [0.4, 0.5) is 11.5 Å². The van der Waals surface area contributed by atoms with Crippen molar-refractivity contribution in [1.82, 2.24) is 15.3 Å². The number of carbonyl (C=O) groups excluding carboxylic acids is 1. The van der Waals surface area contributed by atoms with Crippen molar-refractivity contribution in [2.24, 2.45) is 0 Å². The van der Waals surface area contributed by atoms with Crippen LogP contribution in [0, 0.1) is 0 Å². The standard InChI is InChI=1S/C19H25N5O/c1-3-15(2)22-19(25)16-12-17(14-20-13-16)23-8-10-24(11-9-23)18-6-4-5-7-21-18/h4-7,12-15H,3,8-11H2,1-2H3,(H,22,25). The van der Waals surface area contributed by atoms with E-state index in [1.54, 1.807) is 6.20 Å². The van der Waals surface area contributed by atoms with Gasteiger partial charge in [-0.3, -0.25) is 9.78 Å². The SMILES string of the molecule is CCC(C)NC(=O)c1cncc(N2CCN(c3ccccn3)CC2)c1. The molecule has 1 unspecified atom stereocenters. The fourth-order valence-electron chi connectivity index (χ4n) is 2.87. The lowest BCUT2D eigenvalue weighted by molar-refractivity contribution is 0.0939. The summed E-state index contributed by atoms with van der Waals surface area (Å²) in [6.45, 7) is 7.64. The third kappa shape index (κ3) is 4.26. The zero-order valence-corrected chi connectivity index (χ0v) is 14.9. The third-order valence-corrected chi connectivity index (χ3v) is 4.59. The first-order valence-electron chi connectivity index (χ1n) is 8.84. The van der Waals surface area contributed by atoms with Crippen LogP contribution < -0.4 is 15.1 Å². The van der Waals surface area contributed by atoms with E-state index in [1.807, 2.05) is 43.6 Å². The molecule has 1 fully saturated rings. The smallest absolute Gasteiger partial charge is 0.253 e. The third-order valence-electron chi connectivity index (χ3n) is 4.59. The summed E-state index contributed by atoms with van der Waals surface area (Å²) in [6.07, 6.45) is 6.20. The summed E-state index contributed by atoms with van der Waals surface area (Å²) in [5.41, 5.74) is 1.61. The number of hydrogen-bond donors (Lipinski definition) is 1. The Labute approximate surface area is 148 Å². The topological polar surface area (TPSA) is 61.4 Å². The number of aromatic nitrogens is 2. The van der Waals surface area contributed by atoms with Gasteiger partial charge in [0.2, 0.25) is 0 Å². The van der Waals surface area contributed by atoms with E-state index in [4.69, 9.17) is 0 Å². The molecule has 0 bridgehead atoms. The first kappa shape index (κ1) is 17.2. The van der Waals surface area contributed by atoms with Crippen LogP contribution in [-0.4, -0.2) is 48.1 Å². The molecule has 3 rings (SSSR count). The minimum Gasteiger partial charge on any atom is -0.367 e. The molecule has 2 aromatic heterocycles. The average molecular weight is 339 g/mol. The Morgan fingerprint density at radius 3 is 2.64 bits per heavy atom. The van der Waals surface area contributed by atoms with Gasteiger partial charge in [0.15, 0.2) is 0 Å². The van der Waals surface area contributed by atoms with Crippen LogP contribution in [0.1, 0.15) is 30.6 Å². The van der Waals surface area contributed by atoms with Gasteiger partial charge in [0.05, 0.1) is 17.4 Å². The number of nitrogens with one attached hydrogen (secondary N) is 1. The monoisotopic (exact) mass is 339 g/mol. The molecule has 1 atom stereocenters. The molecule has 1 N–H and O–H groups in total. The lowest BCUT2D eigenvalue weighted by Crippen LogP contribution is -2.47. The summed E-state index contributed by atoms with van der Waals surface area (Å²) in [5.74, 6) is 0.956. The van der Waals surface area contributed by atoms with Gasteiger partial charge in [0, 0.05) is 44.6 Å². The predicted molar refractivity (Wildman–Crippen MR) is 100 cm³/mol. The van der Waals surface area contributed by atoms with Gasteiger partial charge in [-0.05, 0) is 31.5 Å². The zero-order valence-electron chi connectivity index (χ0n) is 14.9. The normalized spacial score (nSPS) is 15.8. The number of carbonyl (C=O) groups is 1. The van der Waals surface area contributed by atoms with Crippen molar-refractivity contribution in [3.05, 3.63) is 48.4 Å².